The van der Waals surface area contributed by atoms with Crippen molar-refractivity contribution in [3.05, 3.63) is 33.9 Å². The largest absolute Gasteiger partial charge is 0.486 e. The lowest BCUT2D eigenvalue weighted by atomic mass is 9.87. The van der Waals surface area contributed by atoms with Crippen molar-refractivity contribution in [3.63, 3.8) is 0 Å². The number of nitro benzene ring substituents is 1. The van der Waals surface area contributed by atoms with E-state index in [0.717, 1.165) is 31.7 Å². The Kier molecular flexibility index (Phi) is 5.32. The summed E-state index contributed by atoms with van der Waals surface area (Å²) in [5.41, 5.74) is -0.188. The molecule has 2 atom stereocenters. The number of methoxy groups -OCH3 is 1. The van der Waals surface area contributed by atoms with Gasteiger partial charge in [0.2, 0.25) is 0 Å². The van der Waals surface area contributed by atoms with Crippen LogP contribution in [0.15, 0.2) is 18.2 Å². The molecule has 0 unspecified atom stereocenters. The van der Waals surface area contributed by atoms with Crippen LogP contribution >= 0.6 is 0 Å². The highest BCUT2D eigenvalue weighted by molar-refractivity contribution is 5.90. The molecule has 1 aromatic carbocycles. The van der Waals surface area contributed by atoms with Gasteiger partial charge in [-0.1, -0.05) is 12.8 Å². The zero-order chi connectivity index (χ0) is 16.1. The van der Waals surface area contributed by atoms with Gasteiger partial charge >= 0.3 is 11.7 Å². The fourth-order valence-electron chi connectivity index (χ4n) is 2.61. The van der Waals surface area contributed by atoms with Crippen molar-refractivity contribution in [2.24, 2.45) is 5.92 Å². The molecule has 0 spiro atoms. The molecule has 1 aliphatic rings. The second-order valence-corrected chi connectivity index (χ2v) is 5.35. The minimum atomic E-state index is -0.641. The molecule has 0 saturated heterocycles. The average molecular weight is 309 g/mol. The number of aliphatic hydroxyl groups is 1. The first-order chi connectivity index (χ1) is 10.5. The van der Waals surface area contributed by atoms with Crippen LogP contribution in [0.1, 0.15) is 36.0 Å². The molecule has 7 heteroatoms. The number of carbonyl (C=O) groups is 1. The molecule has 120 valence electrons. The molecule has 0 radical (unpaired) electrons. The smallest absolute Gasteiger partial charge is 0.338 e. The second kappa shape index (κ2) is 7.22. The van der Waals surface area contributed by atoms with E-state index >= 15 is 0 Å². The Morgan fingerprint density at radius 3 is 2.77 bits per heavy atom. The Balaban J connectivity index is 2.12. The Morgan fingerprint density at radius 1 is 1.41 bits per heavy atom. The summed E-state index contributed by atoms with van der Waals surface area (Å²) in [6, 6.07) is 3.95. The molecule has 1 N–H and O–H groups in total. The monoisotopic (exact) mass is 309 g/mol. The van der Waals surface area contributed by atoms with E-state index in [9.17, 15) is 20.0 Å². The third-order valence-corrected chi connectivity index (χ3v) is 3.90. The molecule has 22 heavy (non-hydrogen) atoms. The zero-order valence-corrected chi connectivity index (χ0v) is 12.4. The van der Waals surface area contributed by atoms with Gasteiger partial charge in [-0.25, -0.2) is 4.79 Å². The van der Waals surface area contributed by atoms with E-state index in [1.165, 1.54) is 19.2 Å². The summed E-state index contributed by atoms with van der Waals surface area (Å²) in [6.45, 7) is 0.222. The molecule has 0 bridgehead atoms. The van der Waals surface area contributed by atoms with Crippen LogP contribution in [0.25, 0.3) is 0 Å². The van der Waals surface area contributed by atoms with Gasteiger partial charge in [0.25, 0.3) is 0 Å². The van der Waals surface area contributed by atoms with Crippen LogP contribution in [0.2, 0.25) is 0 Å². The fraction of sp³-hybridized carbons (Fsp3) is 0.533. The van der Waals surface area contributed by atoms with Gasteiger partial charge in [-0.2, -0.15) is 0 Å². The maximum absolute atomic E-state index is 11.4. The molecule has 0 aliphatic heterocycles. The molecular formula is C15H19NO6. The molecule has 0 heterocycles. The Bertz CT molecular complexity index is 559. The number of nitro groups is 1. The normalized spacial score (nSPS) is 21.2. The number of rotatable bonds is 5. The lowest BCUT2D eigenvalue weighted by Gasteiger charge is -2.27. The van der Waals surface area contributed by atoms with E-state index in [1.54, 1.807) is 0 Å². The van der Waals surface area contributed by atoms with E-state index in [1.807, 2.05) is 0 Å². The van der Waals surface area contributed by atoms with Gasteiger partial charge < -0.3 is 14.6 Å². The summed E-state index contributed by atoms with van der Waals surface area (Å²) < 4.78 is 10.1. The molecule has 2 rings (SSSR count). The quantitative estimate of drug-likeness (QED) is 0.509. The van der Waals surface area contributed by atoms with Crippen molar-refractivity contribution in [1.82, 2.24) is 0 Å². The number of nitrogens with zero attached hydrogens (tertiary/aromatic N) is 1. The summed E-state index contributed by atoms with van der Waals surface area (Å²) in [5, 5.41) is 21.0. The number of aliphatic hydroxyl groups excluding tert-OH is 1. The van der Waals surface area contributed by atoms with E-state index in [-0.39, 0.29) is 29.5 Å². The maximum Gasteiger partial charge on any atom is 0.338 e. The Labute approximate surface area is 128 Å². The first kappa shape index (κ1) is 16.2. The standard InChI is InChI=1S/C15H19NO6/c1-21-15(18)10-6-7-14(12(8-10)16(19)20)22-9-11-4-2-3-5-13(11)17/h6-8,11,13,17H,2-5,9H2,1H3/t11-,13-/m0/s1. The predicted octanol–water partition coefficient (Wildman–Crippen LogP) is 2.31. The highest BCUT2D eigenvalue weighted by Gasteiger charge is 2.25. The van der Waals surface area contributed by atoms with Gasteiger partial charge in [-0.3, -0.25) is 10.1 Å². The first-order valence-electron chi connectivity index (χ1n) is 7.20. The molecule has 7 nitrogen and oxygen atoms in total. The molecule has 0 amide bonds. The van der Waals surface area contributed by atoms with Gasteiger partial charge in [-0.15, -0.1) is 0 Å². The van der Waals surface area contributed by atoms with Crippen LogP contribution in [0.5, 0.6) is 5.75 Å². The number of hydrogen-bond donors (Lipinski definition) is 1. The van der Waals surface area contributed by atoms with Crippen LogP contribution < -0.4 is 4.74 Å². The number of esters is 1. The molecule has 1 aromatic rings. The van der Waals surface area contributed by atoms with Crippen molar-refractivity contribution in [2.75, 3.05) is 13.7 Å². The minimum absolute atomic E-state index is 0.0198. The molecule has 1 fully saturated rings. The fourth-order valence-corrected chi connectivity index (χ4v) is 2.61. The summed E-state index contributed by atoms with van der Waals surface area (Å²) in [4.78, 5) is 22.0. The summed E-state index contributed by atoms with van der Waals surface area (Å²) in [7, 11) is 1.21. The number of benzene rings is 1. The second-order valence-electron chi connectivity index (χ2n) is 5.35. The van der Waals surface area contributed by atoms with Gasteiger partial charge in [0.15, 0.2) is 5.75 Å². The highest BCUT2D eigenvalue weighted by atomic mass is 16.6. The number of ether oxygens (including phenoxy) is 2. The predicted molar refractivity (Wildman–Crippen MR) is 77.9 cm³/mol. The van der Waals surface area contributed by atoms with Gasteiger partial charge in [0, 0.05) is 12.0 Å². The van der Waals surface area contributed by atoms with Crippen molar-refractivity contribution < 1.29 is 24.3 Å². The SMILES string of the molecule is COC(=O)c1ccc(OC[C@@H]2CCCC[C@@H]2O)c([N+](=O)[O-])c1. The van der Waals surface area contributed by atoms with Crippen molar-refractivity contribution in [1.29, 1.82) is 0 Å². The summed E-state index contributed by atoms with van der Waals surface area (Å²) in [5.74, 6) is -0.568. The van der Waals surface area contributed by atoms with Gasteiger partial charge in [-0.05, 0) is 25.0 Å². The summed E-state index contributed by atoms with van der Waals surface area (Å²) >= 11 is 0. The zero-order valence-electron chi connectivity index (χ0n) is 12.4. The molecule has 0 aromatic heterocycles. The van der Waals surface area contributed by atoms with Gasteiger partial charge in [0.1, 0.15) is 0 Å². The highest BCUT2D eigenvalue weighted by Crippen LogP contribution is 2.31. The van der Waals surface area contributed by atoms with E-state index in [2.05, 4.69) is 4.74 Å². The average Bonchev–Trinajstić information content (AvgIpc) is 2.53. The lowest BCUT2D eigenvalue weighted by molar-refractivity contribution is -0.386. The van der Waals surface area contributed by atoms with Crippen LogP contribution in [0, 0.1) is 16.0 Å². The third kappa shape index (κ3) is 3.73. The van der Waals surface area contributed by atoms with E-state index in [4.69, 9.17) is 4.74 Å². The van der Waals surface area contributed by atoms with Crippen molar-refractivity contribution in [3.8, 4) is 5.75 Å². The third-order valence-electron chi connectivity index (χ3n) is 3.90. The molecule has 1 saturated carbocycles. The van der Waals surface area contributed by atoms with Crippen molar-refractivity contribution in [2.45, 2.75) is 31.8 Å². The van der Waals surface area contributed by atoms with E-state index in [0.29, 0.717) is 0 Å². The molecule has 1 aliphatic carbocycles. The van der Waals surface area contributed by atoms with Crippen LogP contribution in [0.3, 0.4) is 0 Å². The number of carbonyl (C=O) groups excluding carboxylic acids is 1. The first-order valence-corrected chi connectivity index (χ1v) is 7.20. The Morgan fingerprint density at radius 2 is 2.14 bits per heavy atom. The van der Waals surface area contributed by atoms with Crippen LogP contribution in [-0.4, -0.2) is 35.8 Å². The van der Waals surface area contributed by atoms with E-state index < -0.39 is 17.0 Å². The maximum atomic E-state index is 11.4. The lowest BCUT2D eigenvalue weighted by Crippen LogP contribution is -2.29. The van der Waals surface area contributed by atoms with Gasteiger partial charge in [0.05, 0.1) is 30.3 Å². The minimum Gasteiger partial charge on any atom is -0.486 e. The van der Waals surface area contributed by atoms with Crippen LogP contribution in [-0.2, 0) is 4.74 Å². The topological polar surface area (TPSA) is 98.9 Å². The Hall–Kier alpha value is -2.15. The number of hydrogen-bond acceptors (Lipinski definition) is 6. The van der Waals surface area contributed by atoms with Crippen molar-refractivity contribution >= 4 is 11.7 Å². The van der Waals surface area contributed by atoms with Crippen LogP contribution in [0.4, 0.5) is 5.69 Å². The summed E-state index contributed by atoms with van der Waals surface area (Å²) in [6.07, 6.45) is 3.16. The molecular weight excluding hydrogens is 290 g/mol.